The molecule has 3 aromatic rings. The molecule has 0 bridgehead atoms. The maximum atomic E-state index is 12.5. The second-order valence-corrected chi connectivity index (χ2v) is 7.69. The highest BCUT2D eigenvalue weighted by Crippen LogP contribution is 2.47. The minimum absolute atomic E-state index is 0.0397. The lowest BCUT2D eigenvalue weighted by Crippen LogP contribution is -2.31. The van der Waals surface area contributed by atoms with E-state index < -0.39 is 0 Å². The van der Waals surface area contributed by atoms with E-state index >= 15 is 0 Å². The number of hydrogen-bond acceptors (Lipinski definition) is 5. The van der Waals surface area contributed by atoms with Gasteiger partial charge in [-0.3, -0.25) is 9.89 Å². The lowest BCUT2D eigenvalue weighted by molar-refractivity contribution is 0.381. The molecule has 5 rings (SSSR count). The van der Waals surface area contributed by atoms with Gasteiger partial charge in [-0.15, -0.1) is 11.3 Å². The monoisotopic (exact) mass is 327 g/mol. The molecule has 0 aromatic carbocycles. The summed E-state index contributed by atoms with van der Waals surface area (Å²) in [4.78, 5) is 21.2. The van der Waals surface area contributed by atoms with Crippen LogP contribution in [0, 0.1) is 18.8 Å². The number of nitrogens with zero attached hydrogens (tertiary/aromatic N) is 2. The van der Waals surface area contributed by atoms with Gasteiger partial charge in [0, 0.05) is 16.1 Å². The third-order valence-electron chi connectivity index (χ3n) is 5.06. The van der Waals surface area contributed by atoms with Crippen LogP contribution >= 0.6 is 11.3 Å². The summed E-state index contributed by atoms with van der Waals surface area (Å²) in [5, 5.41) is 10.5. The van der Waals surface area contributed by atoms with E-state index in [-0.39, 0.29) is 11.6 Å². The van der Waals surface area contributed by atoms with E-state index in [1.807, 2.05) is 13.0 Å². The maximum absolute atomic E-state index is 12.5. The third-order valence-corrected chi connectivity index (χ3v) is 6.22. The summed E-state index contributed by atoms with van der Waals surface area (Å²) in [6.45, 7) is 3.02. The number of aromatic amines is 2. The largest absolute Gasteiger partial charge is 0.308 e. The highest BCUT2D eigenvalue weighted by Gasteiger charge is 2.42. The molecule has 0 spiro atoms. The van der Waals surface area contributed by atoms with Gasteiger partial charge in [0.1, 0.15) is 10.5 Å². The van der Waals surface area contributed by atoms with Gasteiger partial charge in [0.25, 0.3) is 5.56 Å². The van der Waals surface area contributed by atoms with E-state index in [1.54, 1.807) is 6.20 Å². The van der Waals surface area contributed by atoms with Gasteiger partial charge in [0.2, 0.25) is 0 Å². The van der Waals surface area contributed by atoms with E-state index in [9.17, 15) is 4.79 Å². The van der Waals surface area contributed by atoms with E-state index in [2.05, 4.69) is 20.5 Å². The first-order chi connectivity index (χ1) is 11.2. The van der Waals surface area contributed by atoms with Crippen molar-refractivity contribution in [1.29, 1.82) is 0 Å². The molecule has 6 nitrogen and oxygen atoms in total. The van der Waals surface area contributed by atoms with Crippen LogP contribution in [0.3, 0.4) is 0 Å². The predicted octanol–water partition coefficient (Wildman–Crippen LogP) is 2.35. The molecule has 1 saturated heterocycles. The van der Waals surface area contributed by atoms with Crippen LogP contribution in [-0.2, 0) is 0 Å². The van der Waals surface area contributed by atoms with Crippen molar-refractivity contribution in [2.45, 2.75) is 25.8 Å². The van der Waals surface area contributed by atoms with Crippen LogP contribution in [0.25, 0.3) is 20.7 Å². The zero-order valence-corrected chi connectivity index (χ0v) is 13.5. The first-order valence-electron chi connectivity index (χ1n) is 7.96. The summed E-state index contributed by atoms with van der Waals surface area (Å²) in [6.07, 6.45) is 4.19. The first-order valence-corrected chi connectivity index (χ1v) is 8.78. The first kappa shape index (κ1) is 13.4. The van der Waals surface area contributed by atoms with Crippen molar-refractivity contribution in [2.75, 3.05) is 6.54 Å². The molecule has 3 aromatic heterocycles. The molecule has 3 N–H and O–H groups in total. The molecule has 0 radical (unpaired) electrons. The second-order valence-electron chi connectivity index (χ2n) is 6.64. The Hall–Kier alpha value is -1.99. The van der Waals surface area contributed by atoms with Crippen molar-refractivity contribution in [3.63, 3.8) is 0 Å². The van der Waals surface area contributed by atoms with Gasteiger partial charge in [0.05, 0.1) is 17.8 Å². The zero-order valence-electron chi connectivity index (χ0n) is 12.7. The fraction of sp³-hybridized carbons (Fsp3) is 0.438. The average Bonchev–Trinajstić information content (AvgIpc) is 2.98. The summed E-state index contributed by atoms with van der Waals surface area (Å²) in [7, 11) is 0. The molecule has 1 aliphatic carbocycles. The maximum Gasteiger partial charge on any atom is 0.268 e. The van der Waals surface area contributed by atoms with Crippen molar-refractivity contribution in [3.8, 4) is 10.4 Å². The molecule has 4 heterocycles. The van der Waals surface area contributed by atoms with Gasteiger partial charge in [0.15, 0.2) is 0 Å². The van der Waals surface area contributed by atoms with Crippen LogP contribution in [0.15, 0.2) is 17.1 Å². The summed E-state index contributed by atoms with van der Waals surface area (Å²) in [5.41, 5.74) is 2.78. The molecule has 2 fully saturated rings. The molecule has 1 aliphatic heterocycles. The van der Waals surface area contributed by atoms with Gasteiger partial charge in [-0.2, -0.15) is 5.10 Å². The smallest absolute Gasteiger partial charge is 0.268 e. The van der Waals surface area contributed by atoms with E-state index in [0.717, 1.165) is 52.3 Å². The summed E-state index contributed by atoms with van der Waals surface area (Å²) < 4.78 is 0.685. The van der Waals surface area contributed by atoms with Crippen LogP contribution < -0.4 is 10.9 Å². The predicted molar refractivity (Wildman–Crippen MR) is 89.5 cm³/mol. The number of aromatic nitrogens is 4. The standard InChI is InChI=1S/C16H17N5OS/c1-7-10(6-18-21-7)13-4-11-14(23-13)16(22)20-15(19-11)12-3-8-2-9(8)5-17-12/h4,6,8-9,12,17H,2-3,5H2,1H3,(H,18,21)(H,19,20,22). The Morgan fingerprint density at radius 3 is 3.00 bits per heavy atom. The normalized spacial score (nSPS) is 26.4. The molecule has 7 heteroatoms. The van der Waals surface area contributed by atoms with Gasteiger partial charge >= 0.3 is 0 Å². The van der Waals surface area contributed by atoms with E-state index in [4.69, 9.17) is 4.98 Å². The second kappa shape index (κ2) is 4.75. The van der Waals surface area contributed by atoms with Crippen molar-refractivity contribution >= 4 is 21.6 Å². The third kappa shape index (κ3) is 2.14. The van der Waals surface area contributed by atoms with Crippen LogP contribution in [-0.4, -0.2) is 26.7 Å². The number of nitrogens with one attached hydrogen (secondary N) is 3. The van der Waals surface area contributed by atoms with Gasteiger partial charge in [-0.1, -0.05) is 0 Å². The van der Waals surface area contributed by atoms with Crippen molar-refractivity contribution < 1.29 is 0 Å². The fourth-order valence-corrected chi connectivity index (χ4v) is 4.65. The number of thiophene rings is 1. The summed E-state index contributed by atoms with van der Waals surface area (Å²) in [6, 6.07) is 2.18. The molecule has 2 aliphatic rings. The molecule has 23 heavy (non-hydrogen) atoms. The highest BCUT2D eigenvalue weighted by molar-refractivity contribution is 7.22. The van der Waals surface area contributed by atoms with Crippen LogP contribution in [0.2, 0.25) is 0 Å². The average molecular weight is 327 g/mol. The van der Waals surface area contributed by atoms with Crippen molar-refractivity contribution in [1.82, 2.24) is 25.5 Å². The van der Waals surface area contributed by atoms with Crippen LogP contribution in [0.4, 0.5) is 0 Å². The van der Waals surface area contributed by atoms with E-state index in [1.165, 1.54) is 17.8 Å². The Morgan fingerprint density at radius 1 is 1.30 bits per heavy atom. The highest BCUT2D eigenvalue weighted by atomic mass is 32.1. The summed E-state index contributed by atoms with van der Waals surface area (Å²) >= 11 is 1.47. The number of piperidine rings is 1. The van der Waals surface area contributed by atoms with Gasteiger partial charge in [-0.25, -0.2) is 4.98 Å². The topological polar surface area (TPSA) is 86.5 Å². The Bertz CT molecular complexity index is 955. The van der Waals surface area contributed by atoms with Crippen molar-refractivity contribution in [2.24, 2.45) is 11.8 Å². The molecule has 118 valence electrons. The van der Waals surface area contributed by atoms with Crippen molar-refractivity contribution in [3.05, 3.63) is 34.1 Å². The lowest BCUT2D eigenvalue weighted by atomic mass is 10.0. The number of rotatable bonds is 2. The summed E-state index contributed by atoms with van der Waals surface area (Å²) in [5.74, 6) is 2.44. The number of hydrogen-bond donors (Lipinski definition) is 3. The molecule has 1 saturated carbocycles. The van der Waals surface area contributed by atoms with Gasteiger partial charge < -0.3 is 10.3 Å². The Morgan fingerprint density at radius 2 is 2.22 bits per heavy atom. The zero-order chi connectivity index (χ0) is 15.6. The van der Waals surface area contributed by atoms with Crippen LogP contribution in [0.5, 0.6) is 0 Å². The number of H-pyrrole nitrogens is 2. The molecule has 3 unspecified atom stereocenters. The molecule has 0 amide bonds. The SMILES string of the molecule is Cc1[nH]ncc1-c1cc2nc(C3CC4CC4CN3)[nH]c(=O)c2s1. The molecule has 3 atom stereocenters. The lowest BCUT2D eigenvalue weighted by Gasteiger charge is -2.21. The molecular formula is C16H17N5OS. The quantitative estimate of drug-likeness (QED) is 0.674. The molecular weight excluding hydrogens is 310 g/mol. The Labute approximate surface area is 136 Å². The van der Waals surface area contributed by atoms with Crippen LogP contribution in [0.1, 0.15) is 30.4 Å². The fourth-order valence-electron chi connectivity index (χ4n) is 3.59. The van der Waals surface area contributed by atoms with Gasteiger partial charge in [-0.05, 0) is 44.2 Å². The Balaban J connectivity index is 1.58. The number of aryl methyl sites for hydroxylation is 1. The van der Waals surface area contributed by atoms with E-state index in [0.29, 0.717) is 4.70 Å². The number of fused-ring (bicyclic) bond motifs is 2. The Kier molecular flexibility index (Phi) is 2.78. The minimum Gasteiger partial charge on any atom is -0.308 e. The minimum atomic E-state index is -0.0397.